The van der Waals surface area contributed by atoms with E-state index in [0.717, 1.165) is 5.56 Å². The second kappa shape index (κ2) is 10.4. The lowest BCUT2D eigenvalue weighted by molar-refractivity contribution is -0.131. The minimum Gasteiger partial charge on any atom is -0.342 e. The van der Waals surface area contributed by atoms with E-state index in [9.17, 15) is 14.4 Å². The maximum Gasteiger partial charge on any atom is 0.315 e. The Hall–Kier alpha value is -2.57. The van der Waals surface area contributed by atoms with Gasteiger partial charge in [-0.2, -0.15) is 0 Å². The number of hydrogen-bond acceptors (Lipinski definition) is 3. The Morgan fingerprint density at radius 3 is 2.12 bits per heavy atom. The molecule has 0 atom stereocenters. The SMILES string of the molecule is CCN(CC)C(=O)CN(C)C(=O)c1ccc(CNC(=O)NC(C)C)cc1. The van der Waals surface area contributed by atoms with E-state index in [0.29, 0.717) is 25.2 Å². The standard InChI is InChI=1S/C19H30N4O3/c1-6-23(7-2)17(24)13-22(5)18(25)16-10-8-15(9-11-16)12-20-19(26)21-14(3)4/h8-11,14H,6-7,12-13H2,1-5H3,(H2,20,21,26). The Balaban J connectivity index is 2.60. The second-order valence-electron chi connectivity index (χ2n) is 6.41. The average Bonchev–Trinajstić information content (AvgIpc) is 2.60. The second-order valence-corrected chi connectivity index (χ2v) is 6.41. The smallest absolute Gasteiger partial charge is 0.315 e. The van der Waals surface area contributed by atoms with Gasteiger partial charge in [-0.1, -0.05) is 12.1 Å². The summed E-state index contributed by atoms with van der Waals surface area (Å²) in [5, 5.41) is 5.51. The first kappa shape index (κ1) is 21.5. The van der Waals surface area contributed by atoms with Gasteiger partial charge in [0.25, 0.3) is 5.91 Å². The van der Waals surface area contributed by atoms with Crippen molar-refractivity contribution in [2.75, 3.05) is 26.7 Å². The monoisotopic (exact) mass is 362 g/mol. The van der Waals surface area contributed by atoms with Crippen LogP contribution in [0, 0.1) is 0 Å². The summed E-state index contributed by atoms with van der Waals surface area (Å²) in [5.41, 5.74) is 1.40. The molecule has 1 aromatic rings. The molecule has 0 saturated heterocycles. The molecule has 7 nitrogen and oxygen atoms in total. The van der Waals surface area contributed by atoms with Gasteiger partial charge < -0.3 is 20.4 Å². The molecular formula is C19H30N4O3. The summed E-state index contributed by atoms with van der Waals surface area (Å²) < 4.78 is 0. The van der Waals surface area contributed by atoms with Crippen molar-refractivity contribution in [1.82, 2.24) is 20.4 Å². The van der Waals surface area contributed by atoms with E-state index in [1.807, 2.05) is 27.7 Å². The van der Waals surface area contributed by atoms with Crippen LogP contribution in [0.2, 0.25) is 0 Å². The molecule has 0 bridgehead atoms. The molecule has 0 radical (unpaired) electrons. The Kier molecular flexibility index (Phi) is 8.61. The Labute approximate surface area is 155 Å². The molecule has 0 aromatic heterocycles. The normalized spacial score (nSPS) is 10.4. The van der Waals surface area contributed by atoms with E-state index < -0.39 is 0 Å². The van der Waals surface area contributed by atoms with Gasteiger partial charge in [0.05, 0.1) is 6.54 Å². The van der Waals surface area contributed by atoms with E-state index in [1.165, 1.54) is 4.90 Å². The zero-order valence-electron chi connectivity index (χ0n) is 16.3. The summed E-state index contributed by atoms with van der Waals surface area (Å²) in [4.78, 5) is 39.3. The molecule has 0 spiro atoms. The van der Waals surface area contributed by atoms with Crippen molar-refractivity contribution in [3.05, 3.63) is 35.4 Å². The predicted octanol–water partition coefficient (Wildman–Crippen LogP) is 1.83. The van der Waals surface area contributed by atoms with E-state index >= 15 is 0 Å². The molecule has 2 N–H and O–H groups in total. The Morgan fingerprint density at radius 2 is 1.62 bits per heavy atom. The lowest BCUT2D eigenvalue weighted by Gasteiger charge is -2.23. The number of carbonyl (C=O) groups excluding carboxylic acids is 3. The lowest BCUT2D eigenvalue weighted by Crippen LogP contribution is -2.41. The number of likely N-dealkylation sites (N-methyl/N-ethyl adjacent to an activating group) is 2. The highest BCUT2D eigenvalue weighted by molar-refractivity contribution is 5.96. The molecule has 7 heteroatoms. The van der Waals surface area contributed by atoms with Crippen LogP contribution < -0.4 is 10.6 Å². The van der Waals surface area contributed by atoms with Gasteiger partial charge in [0.2, 0.25) is 5.91 Å². The van der Waals surface area contributed by atoms with Crippen molar-refractivity contribution in [3.63, 3.8) is 0 Å². The quantitative estimate of drug-likeness (QED) is 0.740. The van der Waals surface area contributed by atoms with Crippen LogP contribution in [0.25, 0.3) is 0 Å². The van der Waals surface area contributed by atoms with Gasteiger partial charge in [-0.15, -0.1) is 0 Å². The van der Waals surface area contributed by atoms with Crippen molar-refractivity contribution in [3.8, 4) is 0 Å². The van der Waals surface area contributed by atoms with Gasteiger partial charge in [0, 0.05) is 38.3 Å². The van der Waals surface area contributed by atoms with E-state index in [-0.39, 0.29) is 30.4 Å². The average molecular weight is 362 g/mol. The Morgan fingerprint density at radius 1 is 1.04 bits per heavy atom. The van der Waals surface area contributed by atoms with Crippen LogP contribution in [0.4, 0.5) is 4.79 Å². The van der Waals surface area contributed by atoms with Crippen molar-refractivity contribution < 1.29 is 14.4 Å². The third kappa shape index (κ3) is 6.74. The molecule has 26 heavy (non-hydrogen) atoms. The first-order valence-corrected chi connectivity index (χ1v) is 8.95. The highest BCUT2D eigenvalue weighted by atomic mass is 16.2. The minimum atomic E-state index is -0.227. The van der Waals surface area contributed by atoms with Gasteiger partial charge in [0.15, 0.2) is 0 Å². The van der Waals surface area contributed by atoms with E-state index in [1.54, 1.807) is 36.2 Å². The van der Waals surface area contributed by atoms with Crippen molar-refractivity contribution >= 4 is 17.8 Å². The van der Waals surface area contributed by atoms with Crippen LogP contribution in [-0.4, -0.2) is 60.4 Å². The summed E-state index contributed by atoms with van der Waals surface area (Å²) in [6.07, 6.45) is 0. The number of nitrogens with zero attached hydrogens (tertiary/aromatic N) is 2. The van der Waals surface area contributed by atoms with Gasteiger partial charge in [0.1, 0.15) is 0 Å². The molecule has 1 rings (SSSR count). The summed E-state index contributed by atoms with van der Waals surface area (Å²) >= 11 is 0. The fourth-order valence-electron chi connectivity index (χ4n) is 2.43. The van der Waals surface area contributed by atoms with Gasteiger partial charge >= 0.3 is 6.03 Å². The molecule has 144 valence electrons. The van der Waals surface area contributed by atoms with Crippen LogP contribution in [-0.2, 0) is 11.3 Å². The first-order chi connectivity index (χ1) is 12.3. The minimum absolute atomic E-state index is 0.0548. The highest BCUT2D eigenvalue weighted by Gasteiger charge is 2.17. The largest absolute Gasteiger partial charge is 0.342 e. The molecule has 0 saturated carbocycles. The molecule has 0 heterocycles. The number of nitrogens with one attached hydrogen (secondary N) is 2. The number of hydrogen-bond donors (Lipinski definition) is 2. The summed E-state index contributed by atoms with van der Waals surface area (Å²) in [5.74, 6) is -0.273. The van der Waals surface area contributed by atoms with Crippen molar-refractivity contribution in [2.45, 2.75) is 40.3 Å². The van der Waals surface area contributed by atoms with Crippen molar-refractivity contribution in [2.24, 2.45) is 0 Å². The summed E-state index contributed by atoms with van der Waals surface area (Å²) in [6, 6.07) is 6.85. The van der Waals surface area contributed by atoms with Crippen LogP contribution in [0.5, 0.6) is 0 Å². The number of benzene rings is 1. The molecule has 0 aliphatic carbocycles. The molecule has 1 aromatic carbocycles. The lowest BCUT2D eigenvalue weighted by atomic mass is 10.1. The first-order valence-electron chi connectivity index (χ1n) is 8.95. The van der Waals surface area contributed by atoms with Crippen LogP contribution in [0.15, 0.2) is 24.3 Å². The number of amides is 4. The molecule has 0 unspecified atom stereocenters. The predicted molar refractivity (Wildman–Crippen MR) is 102 cm³/mol. The Bertz CT molecular complexity index is 610. The van der Waals surface area contributed by atoms with Gasteiger partial charge in [-0.05, 0) is 45.4 Å². The van der Waals surface area contributed by atoms with Crippen LogP contribution in [0.1, 0.15) is 43.6 Å². The molecule has 0 fully saturated rings. The number of carbonyl (C=O) groups is 3. The summed E-state index contributed by atoms with van der Waals surface area (Å²) in [6.45, 7) is 9.30. The van der Waals surface area contributed by atoms with Crippen LogP contribution >= 0.6 is 0 Å². The van der Waals surface area contributed by atoms with Crippen LogP contribution in [0.3, 0.4) is 0 Å². The number of urea groups is 1. The van der Waals surface area contributed by atoms with E-state index in [4.69, 9.17) is 0 Å². The number of rotatable bonds is 8. The third-order valence-corrected chi connectivity index (χ3v) is 3.91. The molecule has 4 amide bonds. The zero-order chi connectivity index (χ0) is 19.7. The maximum atomic E-state index is 12.5. The molecular weight excluding hydrogens is 332 g/mol. The fourth-order valence-corrected chi connectivity index (χ4v) is 2.43. The van der Waals surface area contributed by atoms with Gasteiger partial charge in [-0.3, -0.25) is 9.59 Å². The zero-order valence-corrected chi connectivity index (χ0v) is 16.3. The molecule has 0 aliphatic heterocycles. The third-order valence-electron chi connectivity index (χ3n) is 3.91. The fraction of sp³-hybridized carbons (Fsp3) is 0.526. The topological polar surface area (TPSA) is 81.8 Å². The van der Waals surface area contributed by atoms with E-state index in [2.05, 4.69) is 10.6 Å². The van der Waals surface area contributed by atoms with Gasteiger partial charge in [-0.25, -0.2) is 4.79 Å². The van der Waals surface area contributed by atoms with Crippen molar-refractivity contribution in [1.29, 1.82) is 0 Å². The summed E-state index contributed by atoms with van der Waals surface area (Å²) in [7, 11) is 1.62. The highest BCUT2D eigenvalue weighted by Crippen LogP contribution is 2.07. The molecule has 0 aliphatic rings. The maximum absolute atomic E-state index is 12.5.